The molecule has 0 saturated carbocycles. The zero-order chi connectivity index (χ0) is 18.4. The van der Waals surface area contributed by atoms with Crippen LogP contribution in [0.15, 0.2) is 54.8 Å². The predicted octanol–water partition coefficient (Wildman–Crippen LogP) is 4.45. The summed E-state index contributed by atoms with van der Waals surface area (Å²) in [6, 6.07) is 5.92. The van der Waals surface area contributed by atoms with Gasteiger partial charge in [0.25, 0.3) is 0 Å². The molecule has 0 fully saturated rings. The third-order valence-electron chi connectivity index (χ3n) is 4.14. The third-order valence-corrected chi connectivity index (χ3v) is 4.14. The molecule has 0 aliphatic heterocycles. The molecule has 0 amide bonds. The first-order valence-electron chi connectivity index (χ1n) is 8.36. The van der Waals surface area contributed by atoms with Crippen molar-refractivity contribution in [3.63, 3.8) is 0 Å². The second kappa shape index (κ2) is 8.38. The quantitative estimate of drug-likeness (QED) is 0.732. The summed E-state index contributed by atoms with van der Waals surface area (Å²) in [5.41, 5.74) is 5.34. The Hall–Kier alpha value is -2.75. The van der Waals surface area contributed by atoms with Gasteiger partial charge in [0.1, 0.15) is 11.6 Å². The molecule has 2 aromatic rings. The molecule has 0 saturated heterocycles. The molecule has 25 heavy (non-hydrogen) atoms. The fourth-order valence-corrected chi connectivity index (χ4v) is 2.57. The minimum Gasteiger partial charge on any atom is -0.355 e. The van der Waals surface area contributed by atoms with Crippen LogP contribution in [0.4, 0.5) is 5.82 Å². The van der Waals surface area contributed by atoms with Gasteiger partial charge in [-0.2, -0.15) is 0 Å². The van der Waals surface area contributed by atoms with E-state index in [9.17, 15) is 0 Å². The fraction of sp³-hybridized carbons (Fsp3) is 0.286. The second-order valence-electron chi connectivity index (χ2n) is 6.17. The van der Waals surface area contributed by atoms with Crippen molar-refractivity contribution < 1.29 is 0 Å². The SMILES string of the molecule is C=C/C(=C\C=C(/C)c1ccccn1)CN(C)c1nc(C)nc(C)c1C. The highest BCUT2D eigenvalue weighted by molar-refractivity contribution is 5.62. The number of aromatic nitrogens is 3. The van der Waals surface area contributed by atoms with Gasteiger partial charge in [-0.15, -0.1) is 0 Å². The minimum absolute atomic E-state index is 0.728. The Morgan fingerprint density at radius 2 is 1.92 bits per heavy atom. The normalized spacial score (nSPS) is 12.2. The molecule has 130 valence electrons. The summed E-state index contributed by atoms with van der Waals surface area (Å²) in [4.78, 5) is 15.5. The lowest BCUT2D eigenvalue weighted by Gasteiger charge is -2.21. The largest absolute Gasteiger partial charge is 0.355 e. The molecule has 0 radical (unpaired) electrons. The van der Waals surface area contributed by atoms with Crippen LogP contribution in [-0.4, -0.2) is 28.5 Å². The van der Waals surface area contributed by atoms with E-state index in [1.54, 1.807) is 6.20 Å². The summed E-state index contributed by atoms with van der Waals surface area (Å²) < 4.78 is 0. The lowest BCUT2D eigenvalue weighted by Crippen LogP contribution is -2.23. The molecule has 0 bridgehead atoms. The van der Waals surface area contributed by atoms with E-state index in [4.69, 9.17) is 0 Å². The first-order chi connectivity index (χ1) is 11.9. The molecule has 0 aliphatic carbocycles. The second-order valence-corrected chi connectivity index (χ2v) is 6.17. The van der Waals surface area contributed by atoms with Crippen LogP contribution in [0.1, 0.15) is 29.7 Å². The van der Waals surface area contributed by atoms with E-state index in [2.05, 4.69) is 52.4 Å². The summed E-state index contributed by atoms with van der Waals surface area (Å²) in [5.74, 6) is 1.75. The van der Waals surface area contributed by atoms with Crippen LogP contribution in [0.5, 0.6) is 0 Å². The van der Waals surface area contributed by atoms with Crippen molar-refractivity contribution in [2.75, 3.05) is 18.5 Å². The number of likely N-dealkylation sites (N-methyl/N-ethyl adjacent to an activating group) is 1. The number of hydrogen-bond acceptors (Lipinski definition) is 4. The maximum atomic E-state index is 4.59. The minimum atomic E-state index is 0.728. The Morgan fingerprint density at radius 1 is 1.16 bits per heavy atom. The van der Waals surface area contributed by atoms with E-state index in [0.29, 0.717) is 0 Å². The van der Waals surface area contributed by atoms with Crippen LogP contribution in [0, 0.1) is 20.8 Å². The van der Waals surface area contributed by atoms with E-state index >= 15 is 0 Å². The van der Waals surface area contributed by atoms with Gasteiger partial charge in [0.15, 0.2) is 0 Å². The zero-order valence-electron chi connectivity index (χ0n) is 15.7. The smallest absolute Gasteiger partial charge is 0.135 e. The van der Waals surface area contributed by atoms with Gasteiger partial charge in [0.05, 0.1) is 5.69 Å². The summed E-state index contributed by atoms with van der Waals surface area (Å²) in [6.07, 6.45) is 7.86. The maximum Gasteiger partial charge on any atom is 0.135 e. The molecule has 0 unspecified atom stereocenters. The lowest BCUT2D eigenvalue weighted by molar-refractivity contribution is 0.903. The third kappa shape index (κ3) is 4.86. The van der Waals surface area contributed by atoms with Crippen molar-refractivity contribution in [2.24, 2.45) is 0 Å². The average molecular weight is 334 g/mol. The molecule has 2 rings (SSSR count). The molecule has 0 N–H and O–H groups in total. The van der Waals surface area contributed by atoms with Crippen molar-refractivity contribution in [2.45, 2.75) is 27.7 Å². The summed E-state index contributed by atoms with van der Waals surface area (Å²) in [6.45, 7) is 12.7. The number of hydrogen-bond donors (Lipinski definition) is 0. The van der Waals surface area contributed by atoms with E-state index in [-0.39, 0.29) is 0 Å². The van der Waals surface area contributed by atoms with E-state index in [0.717, 1.165) is 46.3 Å². The number of pyridine rings is 1. The van der Waals surface area contributed by atoms with Crippen LogP contribution in [0.3, 0.4) is 0 Å². The zero-order valence-corrected chi connectivity index (χ0v) is 15.7. The standard InChI is InChI=1S/C21H26N4/c1-7-19(12-11-15(2)20-10-8-9-13-22-20)14-25(6)21-16(3)17(4)23-18(5)24-21/h7-13H,1,14H2,2-6H3/b15-11+,19-12+. The van der Waals surface area contributed by atoms with Crippen LogP contribution in [0.25, 0.3) is 5.57 Å². The molecule has 0 aliphatic rings. The van der Waals surface area contributed by atoms with Crippen LogP contribution in [0.2, 0.25) is 0 Å². The molecule has 0 atom stereocenters. The van der Waals surface area contributed by atoms with Crippen molar-refractivity contribution in [3.05, 3.63) is 77.6 Å². The Labute approximate surface area is 150 Å². The number of anilines is 1. The first kappa shape index (κ1) is 18.6. The number of nitrogens with zero attached hydrogens (tertiary/aromatic N) is 4. The molecule has 4 heteroatoms. The number of aryl methyl sites for hydroxylation is 2. The molecular formula is C21H26N4. The Bertz CT molecular complexity index is 804. The molecule has 4 nitrogen and oxygen atoms in total. The Morgan fingerprint density at radius 3 is 2.56 bits per heavy atom. The van der Waals surface area contributed by atoms with Gasteiger partial charge in [-0.05, 0) is 51.0 Å². The van der Waals surface area contributed by atoms with Crippen molar-refractivity contribution in [1.82, 2.24) is 15.0 Å². The highest BCUT2D eigenvalue weighted by Gasteiger charge is 2.11. The van der Waals surface area contributed by atoms with Crippen LogP contribution < -0.4 is 4.90 Å². The van der Waals surface area contributed by atoms with E-state index < -0.39 is 0 Å². The van der Waals surface area contributed by atoms with Gasteiger partial charge in [-0.3, -0.25) is 4.98 Å². The summed E-state index contributed by atoms with van der Waals surface area (Å²) in [5, 5.41) is 0. The summed E-state index contributed by atoms with van der Waals surface area (Å²) >= 11 is 0. The first-order valence-corrected chi connectivity index (χ1v) is 8.36. The lowest BCUT2D eigenvalue weighted by atomic mass is 10.1. The number of rotatable bonds is 6. The van der Waals surface area contributed by atoms with Gasteiger partial charge < -0.3 is 4.90 Å². The highest BCUT2D eigenvalue weighted by atomic mass is 15.2. The maximum absolute atomic E-state index is 4.59. The highest BCUT2D eigenvalue weighted by Crippen LogP contribution is 2.19. The van der Waals surface area contributed by atoms with Crippen molar-refractivity contribution >= 4 is 11.4 Å². The summed E-state index contributed by atoms with van der Waals surface area (Å²) in [7, 11) is 2.04. The van der Waals surface area contributed by atoms with Gasteiger partial charge in [-0.1, -0.05) is 30.9 Å². The predicted molar refractivity (Wildman–Crippen MR) is 106 cm³/mol. The molecule has 2 aromatic heterocycles. The van der Waals surface area contributed by atoms with Gasteiger partial charge >= 0.3 is 0 Å². The monoisotopic (exact) mass is 334 g/mol. The van der Waals surface area contributed by atoms with E-state index in [1.807, 2.05) is 45.2 Å². The van der Waals surface area contributed by atoms with E-state index in [1.165, 1.54) is 0 Å². The Kier molecular flexibility index (Phi) is 6.23. The van der Waals surface area contributed by atoms with Gasteiger partial charge in [0, 0.05) is 31.0 Å². The number of allylic oxidation sites excluding steroid dienone is 3. The fourth-order valence-electron chi connectivity index (χ4n) is 2.57. The molecule has 2 heterocycles. The van der Waals surface area contributed by atoms with Crippen molar-refractivity contribution in [1.29, 1.82) is 0 Å². The van der Waals surface area contributed by atoms with Gasteiger partial charge in [-0.25, -0.2) is 9.97 Å². The molecule has 0 spiro atoms. The topological polar surface area (TPSA) is 41.9 Å². The molecule has 0 aromatic carbocycles. The Balaban J connectivity index is 2.20. The average Bonchev–Trinajstić information content (AvgIpc) is 2.61. The van der Waals surface area contributed by atoms with Crippen LogP contribution in [-0.2, 0) is 0 Å². The van der Waals surface area contributed by atoms with Gasteiger partial charge in [0.2, 0.25) is 0 Å². The van der Waals surface area contributed by atoms with Crippen molar-refractivity contribution in [3.8, 4) is 0 Å². The molecular weight excluding hydrogens is 308 g/mol. The van der Waals surface area contributed by atoms with Crippen LogP contribution >= 0.6 is 0 Å².